The second kappa shape index (κ2) is 6.37. The standard InChI is InChI=1S/C14H15ClFNOS/c1-17-11(14-12(18-2)6-7-19-14)8-9-4-3-5-10(16)13(9)15/h3-7,11,17H,8H2,1-2H3. The van der Waals surface area contributed by atoms with E-state index < -0.39 is 0 Å². The number of benzene rings is 1. The lowest BCUT2D eigenvalue weighted by Crippen LogP contribution is -2.18. The quantitative estimate of drug-likeness (QED) is 0.899. The summed E-state index contributed by atoms with van der Waals surface area (Å²) in [5, 5.41) is 5.39. The number of halogens is 2. The van der Waals surface area contributed by atoms with Crippen molar-refractivity contribution in [3.63, 3.8) is 0 Å². The van der Waals surface area contributed by atoms with E-state index in [1.165, 1.54) is 6.07 Å². The van der Waals surface area contributed by atoms with Crippen LogP contribution in [0.5, 0.6) is 5.75 Å². The van der Waals surface area contributed by atoms with Gasteiger partial charge in [0.05, 0.1) is 17.0 Å². The van der Waals surface area contributed by atoms with Crippen LogP contribution in [0, 0.1) is 5.82 Å². The SMILES string of the molecule is CNC(Cc1cccc(F)c1Cl)c1sccc1OC. The molecule has 1 unspecified atom stereocenters. The van der Waals surface area contributed by atoms with Gasteiger partial charge < -0.3 is 10.1 Å². The van der Waals surface area contributed by atoms with E-state index in [0.717, 1.165) is 16.2 Å². The highest BCUT2D eigenvalue weighted by Crippen LogP contribution is 2.34. The fraction of sp³-hybridized carbons (Fsp3) is 0.286. The van der Waals surface area contributed by atoms with E-state index in [1.807, 2.05) is 24.6 Å². The molecule has 102 valence electrons. The van der Waals surface area contributed by atoms with Crippen LogP contribution in [-0.4, -0.2) is 14.2 Å². The molecule has 0 fully saturated rings. The van der Waals surface area contributed by atoms with Crippen LogP contribution in [0.15, 0.2) is 29.6 Å². The zero-order valence-corrected chi connectivity index (χ0v) is 12.3. The zero-order chi connectivity index (χ0) is 13.8. The molecule has 1 aromatic carbocycles. The lowest BCUT2D eigenvalue weighted by Gasteiger charge is -2.17. The van der Waals surface area contributed by atoms with Crippen molar-refractivity contribution in [2.45, 2.75) is 12.5 Å². The number of ether oxygens (including phenoxy) is 1. The summed E-state index contributed by atoms with van der Waals surface area (Å²) in [4.78, 5) is 1.09. The van der Waals surface area contributed by atoms with Crippen molar-refractivity contribution >= 4 is 22.9 Å². The Hall–Kier alpha value is -1.10. The Bertz CT molecular complexity index is 558. The second-order valence-electron chi connectivity index (χ2n) is 4.11. The van der Waals surface area contributed by atoms with Gasteiger partial charge in [0.1, 0.15) is 11.6 Å². The van der Waals surface area contributed by atoms with Crippen LogP contribution in [0.2, 0.25) is 5.02 Å². The van der Waals surface area contributed by atoms with E-state index in [4.69, 9.17) is 16.3 Å². The van der Waals surface area contributed by atoms with Crippen LogP contribution in [0.1, 0.15) is 16.5 Å². The third kappa shape index (κ3) is 3.08. The summed E-state index contributed by atoms with van der Waals surface area (Å²) < 4.78 is 18.8. The summed E-state index contributed by atoms with van der Waals surface area (Å²) in [5.74, 6) is 0.462. The smallest absolute Gasteiger partial charge is 0.142 e. The molecule has 2 nitrogen and oxygen atoms in total. The van der Waals surface area contributed by atoms with Crippen molar-refractivity contribution in [2.24, 2.45) is 0 Å². The second-order valence-corrected chi connectivity index (χ2v) is 5.44. The van der Waals surface area contributed by atoms with Gasteiger partial charge >= 0.3 is 0 Å². The number of methoxy groups -OCH3 is 1. The van der Waals surface area contributed by atoms with Gasteiger partial charge in [-0.1, -0.05) is 23.7 Å². The third-order valence-corrected chi connectivity index (χ3v) is 4.43. The summed E-state index contributed by atoms with van der Waals surface area (Å²) in [7, 11) is 3.52. The summed E-state index contributed by atoms with van der Waals surface area (Å²) in [6, 6.07) is 6.86. The minimum atomic E-state index is -0.382. The van der Waals surface area contributed by atoms with Gasteiger partial charge in [-0.15, -0.1) is 11.3 Å². The predicted molar refractivity (Wildman–Crippen MR) is 77.8 cm³/mol. The zero-order valence-electron chi connectivity index (χ0n) is 10.7. The molecule has 0 aliphatic heterocycles. The molecule has 1 N–H and O–H groups in total. The van der Waals surface area contributed by atoms with E-state index in [-0.39, 0.29) is 16.9 Å². The van der Waals surface area contributed by atoms with Crippen molar-refractivity contribution < 1.29 is 9.13 Å². The van der Waals surface area contributed by atoms with E-state index in [1.54, 1.807) is 24.5 Å². The Labute approximate surface area is 121 Å². The van der Waals surface area contributed by atoms with Crippen molar-refractivity contribution in [3.8, 4) is 5.75 Å². The maximum absolute atomic E-state index is 13.4. The third-order valence-electron chi connectivity index (χ3n) is 3.00. The van der Waals surface area contributed by atoms with Crippen LogP contribution in [0.4, 0.5) is 4.39 Å². The number of rotatable bonds is 5. The van der Waals surface area contributed by atoms with Gasteiger partial charge in [0, 0.05) is 6.04 Å². The van der Waals surface area contributed by atoms with E-state index >= 15 is 0 Å². The molecule has 1 atom stereocenters. The van der Waals surface area contributed by atoms with Crippen molar-refractivity contribution in [1.82, 2.24) is 5.32 Å². The Morgan fingerprint density at radius 1 is 1.42 bits per heavy atom. The molecular formula is C14H15ClFNOS. The van der Waals surface area contributed by atoms with Gasteiger partial charge in [-0.25, -0.2) is 4.39 Å². The topological polar surface area (TPSA) is 21.3 Å². The summed E-state index contributed by atoms with van der Waals surface area (Å²) >= 11 is 7.61. The molecule has 0 aliphatic carbocycles. The van der Waals surface area contributed by atoms with Crippen molar-refractivity contribution in [2.75, 3.05) is 14.2 Å². The summed E-state index contributed by atoms with van der Waals surface area (Å²) in [6.45, 7) is 0. The average Bonchev–Trinajstić information content (AvgIpc) is 2.88. The van der Waals surface area contributed by atoms with Gasteiger partial charge in [0.2, 0.25) is 0 Å². The van der Waals surface area contributed by atoms with E-state index in [9.17, 15) is 4.39 Å². The molecule has 2 rings (SSSR count). The first kappa shape index (κ1) is 14.3. The molecule has 2 aromatic rings. The van der Waals surface area contributed by atoms with Crippen LogP contribution in [0.3, 0.4) is 0 Å². The first-order chi connectivity index (χ1) is 9.17. The van der Waals surface area contributed by atoms with Crippen LogP contribution >= 0.6 is 22.9 Å². The summed E-state index contributed by atoms with van der Waals surface area (Å²) in [5.41, 5.74) is 0.788. The van der Waals surface area contributed by atoms with Gasteiger partial charge in [0.25, 0.3) is 0 Å². The Morgan fingerprint density at radius 2 is 2.21 bits per heavy atom. The summed E-state index contributed by atoms with van der Waals surface area (Å²) in [6.07, 6.45) is 0.615. The lowest BCUT2D eigenvalue weighted by atomic mass is 10.0. The maximum Gasteiger partial charge on any atom is 0.142 e. The molecule has 0 radical (unpaired) electrons. The number of hydrogen-bond acceptors (Lipinski definition) is 3. The predicted octanol–water partition coefficient (Wildman–Crippen LogP) is 4.05. The molecule has 0 saturated heterocycles. The minimum absolute atomic E-state index is 0.0502. The molecule has 1 aromatic heterocycles. The Balaban J connectivity index is 2.27. The average molecular weight is 300 g/mol. The molecule has 19 heavy (non-hydrogen) atoms. The molecule has 0 bridgehead atoms. The minimum Gasteiger partial charge on any atom is -0.496 e. The number of nitrogens with one attached hydrogen (secondary N) is 1. The number of hydrogen-bond donors (Lipinski definition) is 1. The molecule has 0 saturated carbocycles. The first-order valence-electron chi connectivity index (χ1n) is 5.89. The Morgan fingerprint density at radius 3 is 2.89 bits per heavy atom. The number of likely N-dealkylation sites (N-methyl/N-ethyl adjacent to an activating group) is 1. The van der Waals surface area contributed by atoms with Crippen LogP contribution in [0.25, 0.3) is 0 Å². The van der Waals surface area contributed by atoms with Crippen molar-refractivity contribution in [1.29, 1.82) is 0 Å². The van der Waals surface area contributed by atoms with Gasteiger partial charge in [-0.3, -0.25) is 0 Å². The van der Waals surface area contributed by atoms with Crippen LogP contribution < -0.4 is 10.1 Å². The molecule has 1 heterocycles. The fourth-order valence-electron chi connectivity index (χ4n) is 1.98. The molecule has 0 aliphatic rings. The largest absolute Gasteiger partial charge is 0.496 e. The van der Waals surface area contributed by atoms with E-state index in [2.05, 4.69) is 5.32 Å². The number of thiophene rings is 1. The van der Waals surface area contributed by atoms with Gasteiger partial charge in [-0.05, 0) is 36.5 Å². The van der Waals surface area contributed by atoms with Gasteiger partial charge in [-0.2, -0.15) is 0 Å². The molecular weight excluding hydrogens is 285 g/mol. The van der Waals surface area contributed by atoms with E-state index in [0.29, 0.717) is 6.42 Å². The molecule has 5 heteroatoms. The van der Waals surface area contributed by atoms with Gasteiger partial charge in [0.15, 0.2) is 0 Å². The maximum atomic E-state index is 13.4. The highest BCUT2D eigenvalue weighted by atomic mass is 35.5. The normalized spacial score (nSPS) is 12.4. The van der Waals surface area contributed by atoms with Crippen molar-refractivity contribution in [3.05, 3.63) is 50.9 Å². The highest BCUT2D eigenvalue weighted by Gasteiger charge is 2.18. The lowest BCUT2D eigenvalue weighted by molar-refractivity contribution is 0.405. The fourth-order valence-corrected chi connectivity index (χ4v) is 3.16. The monoisotopic (exact) mass is 299 g/mol. The molecule has 0 spiro atoms. The first-order valence-corrected chi connectivity index (χ1v) is 7.14. The Kier molecular flexibility index (Phi) is 4.80. The van der Waals surface area contributed by atoms with Crippen LogP contribution in [-0.2, 0) is 6.42 Å². The highest BCUT2D eigenvalue weighted by molar-refractivity contribution is 7.10. The molecule has 0 amide bonds.